The third-order valence-corrected chi connectivity index (χ3v) is 4.50. The molecule has 0 spiro atoms. The number of nitrogens with two attached hydrogens (primary N) is 1. The number of anilines is 2. The molecular formula is C22H19N3O2. The van der Waals surface area contributed by atoms with Gasteiger partial charge >= 0.3 is 0 Å². The first kappa shape index (κ1) is 16.7. The lowest BCUT2D eigenvalue weighted by molar-refractivity contribution is -0.115. The Bertz CT molecular complexity index is 1110. The molecule has 0 aliphatic heterocycles. The zero-order valence-electron chi connectivity index (χ0n) is 14.6. The van der Waals surface area contributed by atoms with Crippen molar-refractivity contribution in [1.29, 1.82) is 0 Å². The Labute approximate surface area is 156 Å². The van der Waals surface area contributed by atoms with Gasteiger partial charge in [-0.1, -0.05) is 30.3 Å². The molecule has 5 N–H and O–H groups in total. The van der Waals surface area contributed by atoms with E-state index >= 15 is 0 Å². The normalized spacial score (nSPS) is 10.8. The average Bonchev–Trinajstić information content (AvgIpc) is 3.11. The highest BCUT2D eigenvalue weighted by Crippen LogP contribution is 2.36. The van der Waals surface area contributed by atoms with Crippen LogP contribution in [0.2, 0.25) is 0 Å². The Morgan fingerprint density at radius 2 is 1.85 bits per heavy atom. The van der Waals surface area contributed by atoms with E-state index in [2.05, 4.69) is 10.3 Å². The Morgan fingerprint density at radius 1 is 1.04 bits per heavy atom. The maximum atomic E-state index is 12.6. The molecule has 0 aliphatic rings. The highest BCUT2D eigenvalue weighted by molar-refractivity contribution is 5.98. The molecule has 5 heteroatoms. The number of phenolic OH excluding ortho intramolecular Hbond substituents is 1. The van der Waals surface area contributed by atoms with Gasteiger partial charge in [0.2, 0.25) is 5.91 Å². The molecule has 0 saturated carbocycles. The van der Waals surface area contributed by atoms with Crippen LogP contribution in [0.15, 0.2) is 72.9 Å². The largest absolute Gasteiger partial charge is 0.507 e. The summed E-state index contributed by atoms with van der Waals surface area (Å²) in [4.78, 5) is 15.7. The molecule has 1 aromatic heterocycles. The van der Waals surface area contributed by atoms with E-state index in [4.69, 9.17) is 5.73 Å². The third kappa shape index (κ3) is 3.48. The maximum Gasteiger partial charge on any atom is 0.228 e. The van der Waals surface area contributed by atoms with Gasteiger partial charge < -0.3 is 21.1 Å². The zero-order chi connectivity index (χ0) is 18.8. The number of carbonyl (C=O) groups is 1. The molecule has 1 heterocycles. The third-order valence-electron chi connectivity index (χ3n) is 4.50. The van der Waals surface area contributed by atoms with E-state index in [0.717, 1.165) is 22.0 Å². The van der Waals surface area contributed by atoms with Crippen LogP contribution >= 0.6 is 0 Å². The summed E-state index contributed by atoms with van der Waals surface area (Å²) in [7, 11) is 0. The molecular weight excluding hydrogens is 338 g/mol. The van der Waals surface area contributed by atoms with Crippen molar-refractivity contribution < 1.29 is 9.90 Å². The van der Waals surface area contributed by atoms with Crippen molar-refractivity contribution in [3.8, 4) is 16.9 Å². The van der Waals surface area contributed by atoms with E-state index in [-0.39, 0.29) is 18.1 Å². The highest BCUT2D eigenvalue weighted by atomic mass is 16.3. The van der Waals surface area contributed by atoms with Gasteiger partial charge in [-0.3, -0.25) is 4.79 Å². The lowest BCUT2D eigenvalue weighted by atomic mass is 10.0. The predicted octanol–water partition coefficient (Wildman–Crippen LogP) is 4.30. The van der Waals surface area contributed by atoms with E-state index in [1.165, 1.54) is 0 Å². The summed E-state index contributed by atoms with van der Waals surface area (Å²) in [6.07, 6.45) is 2.12. The van der Waals surface area contributed by atoms with Crippen LogP contribution in [-0.4, -0.2) is 16.0 Å². The summed E-state index contributed by atoms with van der Waals surface area (Å²) in [5.41, 5.74) is 10.2. The number of H-pyrrole nitrogens is 1. The number of aromatic nitrogens is 1. The molecule has 0 bridgehead atoms. The van der Waals surface area contributed by atoms with Crippen LogP contribution < -0.4 is 11.1 Å². The summed E-state index contributed by atoms with van der Waals surface area (Å²) in [5.74, 6) is -0.0476. The number of fused-ring (bicyclic) bond motifs is 1. The number of hydrogen-bond donors (Lipinski definition) is 4. The number of carbonyl (C=O) groups excluding carboxylic acids is 1. The number of rotatable bonds is 4. The molecule has 5 nitrogen and oxygen atoms in total. The van der Waals surface area contributed by atoms with Crippen molar-refractivity contribution in [2.45, 2.75) is 6.42 Å². The highest BCUT2D eigenvalue weighted by Gasteiger charge is 2.13. The lowest BCUT2D eigenvalue weighted by Gasteiger charge is -2.13. The molecule has 134 valence electrons. The number of amides is 1. The van der Waals surface area contributed by atoms with Gasteiger partial charge in [0.05, 0.1) is 12.1 Å². The number of hydrogen-bond acceptors (Lipinski definition) is 3. The fourth-order valence-corrected chi connectivity index (χ4v) is 3.18. The number of benzene rings is 3. The molecule has 4 rings (SSSR count). The van der Waals surface area contributed by atoms with Crippen LogP contribution in [-0.2, 0) is 11.2 Å². The number of aromatic amines is 1. The van der Waals surface area contributed by atoms with Gasteiger partial charge in [0.15, 0.2) is 0 Å². The fraction of sp³-hybridized carbons (Fsp3) is 0.0455. The van der Waals surface area contributed by atoms with Crippen molar-refractivity contribution in [1.82, 2.24) is 4.98 Å². The molecule has 27 heavy (non-hydrogen) atoms. The Morgan fingerprint density at radius 3 is 2.67 bits per heavy atom. The molecule has 4 aromatic rings. The Kier molecular flexibility index (Phi) is 4.26. The van der Waals surface area contributed by atoms with Gasteiger partial charge in [0, 0.05) is 23.0 Å². The van der Waals surface area contributed by atoms with Gasteiger partial charge in [0.25, 0.3) is 0 Å². The number of nitrogen functional groups attached to an aromatic ring is 1. The second-order valence-electron chi connectivity index (χ2n) is 6.45. The van der Waals surface area contributed by atoms with Crippen molar-refractivity contribution in [2.75, 3.05) is 11.1 Å². The lowest BCUT2D eigenvalue weighted by Crippen LogP contribution is -2.15. The molecule has 0 aliphatic carbocycles. The summed E-state index contributed by atoms with van der Waals surface area (Å²) in [6.45, 7) is 0. The zero-order valence-corrected chi connectivity index (χ0v) is 14.6. The first-order chi connectivity index (χ1) is 13.1. The monoisotopic (exact) mass is 357 g/mol. The van der Waals surface area contributed by atoms with Crippen LogP contribution in [0.25, 0.3) is 22.0 Å². The molecule has 3 aromatic carbocycles. The summed E-state index contributed by atoms with van der Waals surface area (Å²) < 4.78 is 0. The molecule has 0 unspecified atom stereocenters. The van der Waals surface area contributed by atoms with Crippen molar-refractivity contribution in [3.05, 3.63) is 78.5 Å². The molecule has 0 atom stereocenters. The van der Waals surface area contributed by atoms with E-state index in [1.54, 1.807) is 30.3 Å². The quantitative estimate of drug-likeness (QED) is 0.410. The van der Waals surface area contributed by atoms with E-state index < -0.39 is 0 Å². The first-order valence-corrected chi connectivity index (χ1v) is 8.64. The summed E-state index contributed by atoms with van der Waals surface area (Å²) in [5, 5.41) is 14.3. The van der Waals surface area contributed by atoms with Crippen molar-refractivity contribution in [2.24, 2.45) is 0 Å². The summed E-state index contributed by atoms with van der Waals surface area (Å²) >= 11 is 0. The Balaban J connectivity index is 1.59. The van der Waals surface area contributed by atoms with Crippen LogP contribution in [0.3, 0.4) is 0 Å². The van der Waals surface area contributed by atoms with E-state index in [1.807, 2.05) is 42.6 Å². The first-order valence-electron chi connectivity index (χ1n) is 8.64. The molecule has 1 amide bonds. The van der Waals surface area contributed by atoms with Crippen LogP contribution in [0.5, 0.6) is 5.75 Å². The number of phenols is 1. The number of nitrogens with one attached hydrogen (secondary N) is 2. The van der Waals surface area contributed by atoms with Gasteiger partial charge in [0.1, 0.15) is 5.75 Å². The fourth-order valence-electron chi connectivity index (χ4n) is 3.18. The summed E-state index contributed by atoms with van der Waals surface area (Å²) in [6, 6.07) is 20.1. The van der Waals surface area contributed by atoms with Gasteiger partial charge in [-0.2, -0.15) is 0 Å². The van der Waals surface area contributed by atoms with Gasteiger partial charge in [-0.05, 0) is 52.9 Å². The number of aromatic hydroxyl groups is 1. The van der Waals surface area contributed by atoms with Gasteiger partial charge in [-0.15, -0.1) is 0 Å². The molecule has 0 saturated heterocycles. The van der Waals surface area contributed by atoms with Crippen LogP contribution in [0.1, 0.15) is 5.56 Å². The minimum absolute atomic E-state index is 0.102. The predicted molar refractivity (Wildman–Crippen MR) is 109 cm³/mol. The second kappa shape index (κ2) is 6.88. The molecule has 0 fully saturated rings. The van der Waals surface area contributed by atoms with E-state index in [0.29, 0.717) is 16.9 Å². The Hall–Kier alpha value is -3.73. The topological polar surface area (TPSA) is 91.1 Å². The minimum Gasteiger partial charge on any atom is -0.507 e. The van der Waals surface area contributed by atoms with Crippen molar-refractivity contribution in [3.63, 3.8) is 0 Å². The standard InChI is InChI=1S/C22H19N3O2/c23-17-8-6-16(7-9-17)22-18(2-1-3-20(22)26)25-21(27)13-14-4-5-15-10-11-24-19(15)12-14/h1-12,24,26H,13,23H2,(H,25,27). The van der Waals surface area contributed by atoms with Gasteiger partial charge in [-0.25, -0.2) is 0 Å². The van der Waals surface area contributed by atoms with Crippen LogP contribution in [0, 0.1) is 0 Å². The SMILES string of the molecule is Nc1ccc(-c2c(O)cccc2NC(=O)Cc2ccc3cc[nH]c3c2)cc1. The smallest absolute Gasteiger partial charge is 0.228 e. The molecule has 0 radical (unpaired) electrons. The minimum atomic E-state index is -0.150. The maximum absolute atomic E-state index is 12.6. The second-order valence-corrected chi connectivity index (χ2v) is 6.45. The van der Waals surface area contributed by atoms with Crippen LogP contribution in [0.4, 0.5) is 11.4 Å². The van der Waals surface area contributed by atoms with E-state index in [9.17, 15) is 9.90 Å². The average molecular weight is 357 g/mol. The van der Waals surface area contributed by atoms with Crippen molar-refractivity contribution >= 4 is 28.2 Å².